The van der Waals surface area contributed by atoms with Crippen molar-refractivity contribution in [3.63, 3.8) is 0 Å². The maximum Gasteiger partial charge on any atom is 0.104 e. The van der Waals surface area contributed by atoms with E-state index in [4.69, 9.17) is 0 Å². The first-order valence-corrected chi connectivity index (χ1v) is 6.71. The Balaban J connectivity index is 1.72. The van der Waals surface area contributed by atoms with Gasteiger partial charge in [-0.1, -0.05) is 12.1 Å². The number of H-pyrrole nitrogens is 1. The summed E-state index contributed by atoms with van der Waals surface area (Å²) in [6, 6.07) is 14.6. The van der Waals surface area contributed by atoms with Crippen LogP contribution in [0.5, 0.6) is 0 Å². The van der Waals surface area contributed by atoms with Gasteiger partial charge in [0.15, 0.2) is 0 Å². The molecular formula is C16H18N4. The first kappa shape index (κ1) is 12.5. The highest BCUT2D eigenvalue weighted by Gasteiger charge is 2.01. The van der Waals surface area contributed by atoms with E-state index in [1.54, 1.807) is 0 Å². The van der Waals surface area contributed by atoms with E-state index >= 15 is 0 Å². The quantitative estimate of drug-likeness (QED) is 0.677. The largest absolute Gasteiger partial charge is 0.388 e. The van der Waals surface area contributed by atoms with Crippen LogP contribution in [0.1, 0.15) is 11.4 Å². The Kier molecular flexibility index (Phi) is 3.29. The van der Waals surface area contributed by atoms with Crippen LogP contribution in [0.15, 0.2) is 42.5 Å². The van der Waals surface area contributed by atoms with Crippen LogP contribution >= 0.6 is 0 Å². The number of benzene rings is 2. The predicted octanol–water partition coefficient (Wildman–Crippen LogP) is 3.53. The SMILES string of the molecule is CNc1ccc(CNc2ccc3nc(C)[nH]c3c2)cc1. The average Bonchev–Trinajstić information content (AvgIpc) is 2.85. The summed E-state index contributed by atoms with van der Waals surface area (Å²) in [6.07, 6.45) is 0. The second-order valence-electron chi connectivity index (χ2n) is 4.85. The number of imidazole rings is 1. The van der Waals surface area contributed by atoms with Crippen molar-refractivity contribution >= 4 is 22.4 Å². The number of fused-ring (bicyclic) bond motifs is 1. The number of nitrogens with zero attached hydrogens (tertiary/aromatic N) is 1. The molecule has 0 saturated heterocycles. The van der Waals surface area contributed by atoms with Crippen molar-refractivity contribution in [3.05, 3.63) is 53.9 Å². The van der Waals surface area contributed by atoms with Gasteiger partial charge in [-0.25, -0.2) is 4.98 Å². The van der Waals surface area contributed by atoms with Gasteiger partial charge in [0.1, 0.15) is 5.82 Å². The van der Waals surface area contributed by atoms with Crippen molar-refractivity contribution in [2.45, 2.75) is 13.5 Å². The Morgan fingerprint density at radius 3 is 2.55 bits per heavy atom. The Morgan fingerprint density at radius 1 is 1.05 bits per heavy atom. The van der Waals surface area contributed by atoms with Crippen LogP contribution in [0.4, 0.5) is 11.4 Å². The Morgan fingerprint density at radius 2 is 1.80 bits per heavy atom. The molecule has 4 heteroatoms. The highest BCUT2D eigenvalue weighted by Crippen LogP contribution is 2.18. The van der Waals surface area contributed by atoms with Crippen molar-refractivity contribution in [1.29, 1.82) is 0 Å². The maximum absolute atomic E-state index is 4.40. The molecule has 3 aromatic rings. The third-order valence-electron chi connectivity index (χ3n) is 3.34. The summed E-state index contributed by atoms with van der Waals surface area (Å²) in [5.41, 5.74) is 5.55. The number of hydrogen-bond donors (Lipinski definition) is 3. The second-order valence-corrected chi connectivity index (χ2v) is 4.85. The molecule has 0 bridgehead atoms. The summed E-state index contributed by atoms with van der Waals surface area (Å²) in [6.45, 7) is 2.78. The van der Waals surface area contributed by atoms with E-state index in [0.717, 1.165) is 34.8 Å². The molecule has 3 rings (SSSR count). The van der Waals surface area contributed by atoms with Gasteiger partial charge >= 0.3 is 0 Å². The Labute approximate surface area is 118 Å². The lowest BCUT2D eigenvalue weighted by molar-refractivity contribution is 1.15. The molecule has 3 N–H and O–H groups in total. The number of nitrogens with one attached hydrogen (secondary N) is 3. The topological polar surface area (TPSA) is 52.7 Å². The maximum atomic E-state index is 4.40. The number of rotatable bonds is 4. The Hall–Kier alpha value is -2.49. The lowest BCUT2D eigenvalue weighted by atomic mass is 10.2. The fourth-order valence-electron chi connectivity index (χ4n) is 2.24. The van der Waals surface area contributed by atoms with Crippen molar-refractivity contribution in [3.8, 4) is 0 Å². The molecule has 0 radical (unpaired) electrons. The lowest BCUT2D eigenvalue weighted by Crippen LogP contribution is -1.99. The summed E-state index contributed by atoms with van der Waals surface area (Å²) in [7, 11) is 1.93. The van der Waals surface area contributed by atoms with E-state index in [9.17, 15) is 0 Å². The number of aromatic nitrogens is 2. The van der Waals surface area contributed by atoms with E-state index in [-0.39, 0.29) is 0 Å². The smallest absolute Gasteiger partial charge is 0.104 e. The molecule has 0 spiro atoms. The third-order valence-corrected chi connectivity index (χ3v) is 3.34. The standard InChI is InChI=1S/C16H18N4/c1-11-19-15-8-7-14(9-16(15)20-11)18-10-12-3-5-13(17-2)6-4-12/h3-9,17-18H,10H2,1-2H3,(H,19,20). The number of anilines is 2. The van der Waals surface area contributed by atoms with E-state index in [1.807, 2.05) is 20.0 Å². The summed E-state index contributed by atoms with van der Waals surface area (Å²) >= 11 is 0. The highest BCUT2D eigenvalue weighted by atomic mass is 14.9. The van der Waals surface area contributed by atoms with Crippen LogP contribution in [0, 0.1) is 6.92 Å². The monoisotopic (exact) mass is 266 g/mol. The first-order chi connectivity index (χ1) is 9.74. The van der Waals surface area contributed by atoms with Crippen LogP contribution in [0.25, 0.3) is 11.0 Å². The zero-order valence-electron chi connectivity index (χ0n) is 11.7. The average molecular weight is 266 g/mol. The van der Waals surface area contributed by atoms with Crippen LogP contribution in [-0.4, -0.2) is 17.0 Å². The van der Waals surface area contributed by atoms with Gasteiger partial charge in [0.05, 0.1) is 11.0 Å². The number of aromatic amines is 1. The van der Waals surface area contributed by atoms with E-state index in [0.29, 0.717) is 0 Å². The van der Waals surface area contributed by atoms with Crippen molar-refractivity contribution in [1.82, 2.24) is 9.97 Å². The minimum atomic E-state index is 0.808. The fourth-order valence-corrected chi connectivity index (χ4v) is 2.24. The molecule has 4 nitrogen and oxygen atoms in total. The molecule has 0 unspecified atom stereocenters. The van der Waals surface area contributed by atoms with Gasteiger partial charge in [-0.15, -0.1) is 0 Å². The number of hydrogen-bond acceptors (Lipinski definition) is 3. The molecule has 0 fully saturated rings. The lowest BCUT2D eigenvalue weighted by Gasteiger charge is -2.07. The summed E-state index contributed by atoms with van der Waals surface area (Å²) in [5, 5.41) is 6.55. The molecule has 0 aliphatic rings. The van der Waals surface area contributed by atoms with Crippen LogP contribution < -0.4 is 10.6 Å². The van der Waals surface area contributed by atoms with E-state index in [1.165, 1.54) is 5.56 Å². The molecule has 1 aromatic heterocycles. The van der Waals surface area contributed by atoms with Gasteiger partial charge in [0, 0.05) is 25.0 Å². The molecular weight excluding hydrogens is 248 g/mol. The molecule has 0 saturated carbocycles. The van der Waals surface area contributed by atoms with Crippen LogP contribution in [0.2, 0.25) is 0 Å². The first-order valence-electron chi connectivity index (χ1n) is 6.71. The zero-order valence-corrected chi connectivity index (χ0v) is 11.7. The van der Waals surface area contributed by atoms with Gasteiger partial charge in [-0.2, -0.15) is 0 Å². The highest BCUT2D eigenvalue weighted by molar-refractivity contribution is 5.79. The fraction of sp³-hybridized carbons (Fsp3) is 0.188. The molecule has 2 aromatic carbocycles. The Bertz CT molecular complexity index is 713. The molecule has 20 heavy (non-hydrogen) atoms. The molecule has 1 heterocycles. The van der Waals surface area contributed by atoms with Crippen LogP contribution in [-0.2, 0) is 6.54 Å². The molecule has 0 aliphatic carbocycles. The van der Waals surface area contributed by atoms with Gasteiger partial charge in [-0.3, -0.25) is 0 Å². The van der Waals surface area contributed by atoms with Gasteiger partial charge in [0.25, 0.3) is 0 Å². The third kappa shape index (κ3) is 2.59. The van der Waals surface area contributed by atoms with Crippen molar-refractivity contribution < 1.29 is 0 Å². The molecule has 0 amide bonds. The summed E-state index contributed by atoms with van der Waals surface area (Å²) < 4.78 is 0. The second kappa shape index (κ2) is 5.25. The van der Waals surface area contributed by atoms with Crippen LogP contribution in [0.3, 0.4) is 0 Å². The van der Waals surface area contributed by atoms with E-state index in [2.05, 4.69) is 57.0 Å². The predicted molar refractivity (Wildman–Crippen MR) is 84.1 cm³/mol. The zero-order chi connectivity index (χ0) is 13.9. The summed E-state index contributed by atoms with van der Waals surface area (Å²) in [5.74, 6) is 0.944. The molecule has 0 aliphatic heterocycles. The van der Waals surface area contributed by atoms with E-state index < -0.39 is 0 Å². The van der Waals surface area contributed by atoms with Gasteiger partial charge in [0.2, 0.25) is 0 Å². The normalized spacial score (nSPS) is 10.7. The number of aryl methyl sites for hydroxylation is 1. The van der Waals surface area contributed by atoms with Gasteiger partial charge < -0.3 is 15.6 Å². The molecule has 102 valence electrons. The van der Waals surface area contributed by atoms with Gasteiger partial charge in [-0.05, 0) is 42.8 Å². The minimum Gasteiger partial charge on any atom is -0.388 e. The molecule has 0 atom stereocenters. The van der Waals surface area contributed by atoms with Crippen molar-refractivity contribution in [2.75, 3.05) is 17.7 Å². The summed E-state index contributed by atoms with van der Waals surface area (Å²) in [4.78, 5) is 7.65. The van der Waals surface area contributed by atoms with Crippen molar-refractivity contribution in [2.24, 2.45) is 0 Å². The minimum absolute atomic E-state index is 0.808.